The molecule has 6 heteroatoms. The van der Waals surface area contributed by atoms with Crippen molar-refractivity contribution in [3.63, 3.8) is 0 Å². The Morgan fingerprint density at radius 1 is 1.53 bits per heavy atom. The lowest BCUT2D eigenvalue weighted by atomic mass is 10.1. The summed E-state index contributed by atoms with van der Waals surface area (Å²) in [5.41, 5.74) is 0.963. The summed E-state index contributed by atoms with van der Waals surface area (Å²) in [6.07, 6.45) is 0.979. The highest BCUT2D eigenvalue weighted by molar-refractivity contribution is 9.11. The zero-order chi connectivity index (χ0) is 13.2. The number of hydrogen-bond donors (Lipinski definition) is 0. The second kappa shape index (κ2) is 5.82. The lowest BCUT2D eigenvalue weighted by Crippen LogP contribution is -2.30. The van der Waals surface area contributed by atoms with Gasteiger partial charge < -0.3 is 0 Å². The van der Waals surface area contributed by atoms with Gasteiger partial charge in [-0.05, 0) is 40.4 Å². The molecule has 1 unspecified atom stereocenters. The van der Waals surface area contributed by atoms with Crippen molar-refractivity contribution >= 4 is 37.3 Å². The van der Waals surface area contributed by atoms with Crippen LogP contribution in [-0.2, 0) is 10.0 Å². The topological polar surface area (TPSA) is 37.4 Å². The number of sulfonamides is 1. The minimum absolute atomic E-state index is 0.374. The third-order valence-corrected chi connectivity index (χ3v) is 7.17. The highest BCUT2D eigenvalue weighted by Gasteiger charge is 2.24. The number of nitrogens with zero attached hydrogens (tertiary/aromatic N) is 1. The minimum atomic E-state index is -3.32. The van der Waals surface area contributed by atoms with Gasteiger partial charge in [0.1, 0.15) is 4.21 Å². The first kappa shape index (κ1) is 15.1. The number of rotatable bonds is 5. The summed E-state index contributed by atoms with van der Waals surface area (Å²) < 4.78 is 27.3. The maximum absolute atomic E-state index is 12.3. The zero-order valence-electron chi connectivity index (χ0n) is 10.5. The van der Waals surface area contributed by atoms with Crippen molar-refractivity contribution in [3.05, 3.63) is 15.4 Å². The van der Waals surface area contributed by atoms with Gasteiger partial charge in [-0.2, -0.15) is 4.31 Å². The molecule has 0 aromatic carbocycles. The number of aryl methyl sites for hydroxylation is 1. The Bertz CT molecular complexity index is 462. The molecule has 0 saturated carbocycles. The van der Waals surface area contributed by atoms with Crippen molar-refractivity contribution < 1.29 is 8.42 Å². The van der Waals surface area contributed by atoms with Crippen LogP contribution in [0.15, 0.2) is 14.1 Å². The number of halogens is 1. The van der Waals surface area contributed by atoms with Gasteiger partial charge in [0.25, 0.3) is 10.0 Å². The fourth-order valence-electron chi connectivity index (χ4n) is 1.38. The third-order valence-electron chi connectivity index (χ3n) is 2.76. The Kier molecular flexibility index (Phi) is 5.19. The molecule has 1 heterocycles. The van der Waals surface area contributed by atoms with Crippen LogP contribution in [0.5, 0.6) is 0 Å². The van der Waals surface area contributed by atoms with E-state index in [0.717, 1.165) is 15.8 Å². The molecule has 0 radical (unpaired) electrons. The molecule has 1 aromatic rings. The van der Waals surface area contributed by atoms with Gasteiger partial charge in [-0.1, -0.05) is 20.3 Å². The van der Waals surface area contributed by atoms with Crippen LogP contribution in [0.3, 0.4) is 0 Å². The van der Waals surface area contributed by atoms with Crippen LogP contribution in [0.25, 0.3) is 0 Å². The molecule has 98 valence electrons. The Morgan fingerprint density at radius 2 is 2.12 bits per heavy atom. The predicted molar refractivity (Wildman–Crippen MR) is 76.0 cm³/mol. The molecule has 0 spiro atoms. The summed E-state index contributed by atoms with van der Waals surface area (Å²) in [6.45, 7) is 6.58. The van der Waals surface area contributed by atoms with Gasteiger partial charge in [-0.3, -0.25) is 0 Å². The van der Waals surface area contributed by atoms with Gasteiger partial charge in [0.05, 0.1) is 3.79 Å². The average Bonchev–Trinajstić information content (AvgIpc) is 2.59. The van der Waals surface area contributed by atoms with Crippen molar-refractivity contribution in [3.8, 4) is 0 Å². The van der Waals surface area contributed by atoms with Crippen molar-refractivity contribution in [2.24, 2.45) is 5.92 Å². The van der Waals surface area contributed by atoms with Crippen LogP contribution in [0.4, 0.5) is 0 Å². The van der Waals surface area contributed by atoms with E-state index in [1.54, 1.807) is 13.1 Å². The van der Waals surface area contributed by atoms with Crippen molar-refractivity contribution in [1.29, 1.82) is 0 Å². The lowest BCUT2D eigenvalue weighted by molar-refractivity contribution is 0.394. The highest BCUT2D eigenvalue weighted by Crippen LogP contribution is 2.32. The molecule has 0 N–H and O–H groups in total. The maximum Gasteiger partial charge on any atom is 0.252 e. The summed E-state index contributed by atoms with van der Waals surface area (Å²) in [5.74, 6) is 0.374. The second-order valence-corrected chi connectivity index (χ2v) is 8.96. The molecule has 0 bridgehead atoms. The van der Waals surface area contributed by atoms with Gasteiger partial charge in [0.2, 0.25) is 0 Å². The van der Waals surface area contributed by atoms with Crippen molar-refractivity contribution in [1.82, 2.24) is 4.31 Å². The molecular formula is C11H18BrNO2S2. The normalized spacial score (nSPS) is 14.2. The van der Waals surface area contributed by atoms with Crippen LogP contribution in [0, 0.1) is 12.8 Å². The van der Waals surface area contributed by atoms with E-state index in [1.165, 1.54) is 15.6 Å². The van der Waals surface area contributed by atoms with E-state index in [4.69, 9.17) is 0 Å². The average molecular weight is 340 g/mol. The van der Waals surface area contributed by atoms with E-state index in [2.05, 4.69) is 29.8 Å². The molecule has 0 aliphatic carbocycles. The molecule has 0 saturated heterocycles. The standard InChI is InChI=1S/C11H18BrNO2S2/c1-5-8(2)7-13(4)17(14,15)10-6-9(3)11(12)16-10/h6,8H,5,7H2,1-4H3. The molecule has 0 aliphatic heterocycles. The number of thiophene rings is 1. The van der Waals surface area contributed by atoms with E-state index < -0.39 is 10.0 Å². The first-order valence-electron chi connectivity index (χ1n) is 5.51. The van der Waals surface area contributed by atoms with E-state index in [9.17, 15) is 8.42 Å². The molecule has 1 atom stereocenters. The van der Waals surface area contributed by atoms with Crippen LogP contribution in [-0.4, -0.2) is 26.3 Å². The van der Waals surface area contributed by atoms with Crippen LogP contribution in [0.2, 0.25) is 0 Å². The lowest BCUT2D eigenvalue weighted by Gasteiger charge is -2.19. The monoisotopic (exact) mass is 339 g/mol. The van der Waals surface area contributed by atoms with Crippen LogP contribution in [0.1, 0.15) is 25.8 Å². The quantitative estimate of drug-likeness (QED) is 0.823. The van der Waals surface area contributed by atoms with E-state index >= 15 is 0 Å². The molecule has 17 heavy (non-hydrogen) atoms. The Morgan fingerprint density at radius 3 is 2.53 bits per heavy atom. The molecule has 0 aliphatic rings. The Hall–Kier alpha value is 0.0900. The first-order valence-corrected chi connectivity index (χ1v) is 8.56. The van der Waals surface area contributed by atoms with Gasteiger partial charge in [-0.25, -0.2) is 8.42 Å². The Balaban J connectivity index is 2.95. The summed E-state index contributed by atoms with van der Waals surface area (Å²) >= 11 is 4.63. The summed E-state index contributed by atoms with van der Waals surface area (Å²) in [6, 6.07) is 1.72. The van der Waals surface area contributed by atoms with Crippen molar-refractivity contribution in [2.45, 2.75) is 31.4 Å². The molecule has 0 amide bonds. The van der Waals surface area contributed by atoms with Gasteiger partial charge in [0.15, 0.2) is 0 Å². The van der Waals surface area contributed by atoms with Crippen molar-refractivity contribution in [2.75, 3.05) is 13.6 Å². The third kappa shape index (κ3) is 3.53. The molecular weight excluding hydrogens is 322 g/mol. The van der Waals surface area contributed by atoms with Crippen LogP contribution >= 0.6 is 27.3 Å². The van der Waals surface area contributed by atoms with E-state index in [-0.39, 0.29) is 0 Å². The highest BCUT2D eigenvalue weighted by atomic mass is 79.9. The number of hydrogen-bond acceptors (Lipinski definition) is 3. The maximum atomic E-state index is 12.3. The predicted octanol–water partition coefficient (Wildman–Crippen LogP) is 3.49. The van der Waals surface area contributed by atoms with Gasteiger partial charge >= 0.3 is 0 Å². The van der Waals surface area contributed by atoms with E-state index in [1.807, 2.05) is 6.92 Å². The fourth-order valence-corrected chi connectivity index (χ4v) is 5.11. The molecule has 0 fully saturated rings. The summed E-state index contributed by atoms with van der Waals surface area (Å²) in [7, 11) is -1.68. The fraction of sp³-hybridized carbons (Fsp3) is 0.636. The first-order chi connectivity index (χ1) is 7.78. The smallest absolute Gasteiger partial charge is 0.206 e. The molecule has 1 rings (SSSR count). The largest absolute Gasteiger partial charge is 0.252 e. The van der Waals surface area contributed by atoms with Gasteiger partial charge in [0, 0.05) is 13.6 Å². The van der Waals surface area contributed by atoms with Crippen LogP contribution < -0.4 is 0 Å². The van der Waals surface area contributed by atoms with Gasteiger partial charge in [-0.15, -0.1) is 11.3 Å². The zero-order valence-corrected chi connectivity index (χ0v) is 13.7. The van der Waals surface area contributed by atoms with E-state index in [0.29, 0.717) is 16.7 Å². The minimum Gasteiger partial charge on any atom is -0.206 e. The SMILES string of the molecule is CCC(C)CN(C)S(=O)(=O)c1cc(C)c(Br)s1. The molecule has 1 aromatic heterocycles. The summed E-state index contributed by atoms with van der Waals surface area (Å²) in [4.78, 5) is 0. The molecule has 3 nitrogen and oxygen atoms in total. The summed E-state index contributed by atoms with van der Waals surface area (Å²) in [5, 5.41) is 0. The Labute approximate surface area is 116 Å². The second-order valence-electron chi connectivity index (χ2n) is 4.32.